The smallest absolute Gasteiger partial charge is 0.381 e. The van der Waals surface area contributed by atoms with E-state index < -0.39 is 33.3 Å². The fourth-order valence-corrected chi connectivity index (χ4v) is 6.44. The van der Waals surface area contributed by atoms with E-state index in [1.807, 2.05) is 0 Å². The van der Waals surface area contributed by atoms with Gasteiger partial charge in [-0.3, -0.25) is 10.0 Å². The Morgan fingerprint density at radius 1 is 1.10 bits per heavy atom. The molecule has 0 radical (unpaired) electrons. The lowest BCUT2D eigenvalue weighted by atomic mass is 9.95. The molecule has 0 aromatic rings. The zero-order valence-corrected chi connectivity index (χ0v) is 18.7. The third kappa shape index (κ3) is 7.35. The van der Waals surface area contributed by atoms with Crippen LogP contribution in [0.5, 0.6) is 0 Å². The Hall–Kier alpha value is -0.910. The summed E-state index contributed by atoms with van der Waals surface area (Å²) >= 11 is 0. The van der Waals surface area contributed by atoms with E-state index in [1.165, 1.54) is 4.31 Å². The standard InChI is InChI=1S/C19H35F3N2O5S/c1-3-9-18(10-4-2,17(25)23-26)30(27,28)24-12-6-16(7-13-24)8-15-29-14-5-11-19(20,21)22/h16,26H,3-15H2,1-2H3,(H,23,25). The molecule has 0 spiro atoms. The highest BCUT2D eigenvalue weighted by Crippen LogP contribution is 2.35. The summed E-state index contributed by atoms with van der Waals surface area (Å²) < 4.78 is 67.9. The number of sulfonamides is 1. The fraction of sp³-hybridized carbons (Fsp3) is 0.947. The molecule has 0 aromatic heterocycles. The van der Waals surface area contributed by atoms with E-state index in [0.29, 0.717) is 38.7 Å². The first kappa shape index (κ1) is 27.1. The third-order valence-electron chi connectivity index (χ3n) is 5.65. The van der Waals surface area contributed by atoms with E-state index in [1.54, 1.807) is 19.3 Å². The summed E-state index contributed by atoms with van der Waals surface area (Å²) in [5, 5.41) is 9.17. The molecule has 1 heterocycles. The molecule has 1 rings (SSSR count). The predicted octanol–water partition coefficient (Wildman–Crippen LogP) is 3.62. The summed E-state index contributed by atoms with van der Waals surface area (Å²) in [4.78, 5) is 12.4. The van der Waals surface area contributed by atoms with Crippen molar-refractivity contribution < 1.29 is 36.3 Å². The summed E-state index contributed by atoms with van der Waals surface area (Å²) in [7, 11) is -3.97. The minimum atomic E-state index is -4.17. The van der Waals surface area contributed by atoms with Crippen LogP contribution < -0.4 is 5.48 Å². The van der Waals surface area contributed by atoms with Crippen LogP contribution in [0, 0.1) is 5.92 Å². The Morgan fingerprint density at radius 2 is 1.67 bits per heavy atom. The molecule has 0 aliphatic carbocycles. The summed E-state index contributed by atoms with van der Waals surface area (Å²) in [6, 6.07) is 0. The number of rotatable bonds is 13. The van der Waals surface area contributed by atoms with Gasteiger partial charge in [0.1, 0.15) is 0 Å². The van der Waals surface area contributed by atoms with Crippen LogP contribution >= 0.6 is 0 Å². The maximum atomic E-state index is 13.3. The molecule has 1 saturated heterocycles. The number of hydrogen-bond acceptors (Lipinski definition) is 5. The summed E-state index contributed by atoms with van der Waals surface area (Å²) in [6.45, 7) is 4.54. The van der Waals surface area contributed by atoms with Gasteiger partial charge in [-0.15, -0.1) is 0 Å². The second-order valence-electron chi connectivity index (χ2n) is 7.90. The van der Waals surface area contributed by atoms with E-state index in [0.717, 1.165) is 0 Å². The van der Waals surface area contributed by atoms with Crippen molar-refractivity contribution in [1.82, 2.24) is 9.79 Å². The molecule has 178 valence electrons. The van der Waals surface area contributed by atoms with Gasteiger partial charge in [-0.25, -0.2) is 18.2 Å². The van der Waals surface area contributed by atoms with E-state index >= 15 is 0 Å². The van der Waals surface area contributed by atoms with Crippen LogP contribution in [0.1, 0.15) is 71.6 Å². The Balaban J connectivity index is 2.60. The van der Waals surface area contributed by atoms with Gasteiger partial charge in [0.15, 0.2) is 4.75 Å². The molecular formula is C19H35F3N2O5S. The molecule has 0 saturated carbocycles. The van der Waals surface area contributed by atoms with Crippen molar-refractivity contribution in [2.75, 3.05) is 26.3 Å². The van der Waals surface area contributed by atoms with Crippen molar-refractivity contribution in [3.8, 4) is 0 Å². The van der Waals surface area contributed by atoms with Crippen LogP contribution in [-0.2, 0) is 19.6 Å². The molecule has 30 heavy (non-hydrogen) atoms. The Bertz CT molecular complexity index is 614. The van der Waals surface area contributed by atoms with Crippen LogP contribution in [0.15, 0.2) is 0 Å². The van der Waals surface area contributed by atoms with E-state index in [2.05, 4.69) is 0 Å². The average molecular weight is 461 g/mol. The van der Waals surface area contributed by atoms with Crippen molar-refractivity contribution in [3.63, 3.8) is 0 Å². The monoisotopic (exact) mass is 460 g/mol. The number of nitrogens with zero attached hydrogens (tertiary/aromatic N) is 1. The van der Waals surface area contributed by atoms with Gasteiger partial charge in [0.05, 0.1) is 0 Å². The highest BCUT2D eigenvalue weighted by molar-refractivity contribution is 7.91. The quantitative estimate of drug-likeness (QED) is 0.249. The minimum Gasteiger partial charge on any atom is -0.381 e. The van der Waals surface area contributed by atoms with Gasteiger partial charge in [-0.1, -0.05) is 26.7 Å². The van der Waals surface area contributed by atoms with Gasteiger partial charge in [-0.05, 0) is 44.4 Å². The SMILES string of the molecule is CCCC(CCC)(C(=O)NO)S(=O)(=O)N1CCC(CCOCCCC(F)(F)F)CC1. The maximum absolute atomic E-state index is 13.3. The van der Waals surface area contributed by atoms with Crippen LogP contribution in [0.2, 0.25) is 0 Å². The lowest BCUT2D eigenvalue weighted by molar-refractivity contribution is -0.138. The molecule has 1 amide bonds. The fourth-order valence-electron chi connectivity index (χ4n) is 4.05. The van der Waals surface area contributed by atoms with Crippen LogP contribution in [0.3, 0.4) is 0 Å². The Labute approximate surface area is 177 Å². The van der Waals surface area contributed by atoms with Gasteiger partial charge in [0.2, 0.25) is 10.0 Å². The van der Waals surface area contributed by atoms with Gasteiger partial charge in [0, 0.05) is 32.7 Å². The van der Waals surface area contributed by atoms with Crippen LogP contribution in [0.25, 0.3) is 0 Å². The van der Waals surface area contributed by atoms with E-state index in [-0.39, 0.29) is 44.9 Å². The first-order valence-corrected chi connectivity index (χ1v) is 12.1. The van der Waals surface area contributed by atoms with Crippen molar-refractivity contribution in [2.45, 2.75) is 82.6 Å². The Kier molecular flexibility index (Phi) is 11.0. The lowest BCUT2D eigenvalue weighted by Gasteiger charge is -2.39. The molecule has 0 bridgehead atoms. The van der Waals surface area contributed by atoms with E-state index in [4.69, 9.17) is 4.74 Å². The van der Waals surface area contributed by atoms with E-state index in [9.17, 15) is 31.6 Å². The molecule has 11 heteroatoms. The number of halogens is 3. The lowest BCUT2D eigenvalue weighted by Crippen LogP contribution is -2.58. The summed E-state index contributed by atoms with van der Waals surface area (Å²) in [6.07, 6.45) is -2.02. The molecule has 2 N–H and O–H groups in total. The number of hydrogen-bond donors (Lipinski definition) is 2. The van der Waals surface area contributed by atoms with Gasteiger partial charge in [0.25, 0.3) is 5.91 Å². The number of nitrogens with one attached hydrogen (secondary N) is 1. The molecule has 1 aliphatic rings. The predicted molar refractivity (Wildman–Crippen MR) is 106 cm³/mol. The Morgan fingerprint density at radius 3 is 2.13 bits per heavy atom. The minimum absolute atomic E-state index is 0.0551. The number of ether oxygens (including phenoxy) is 1. The molecule has 1 aliphatic heterocycles. The van der Waals surface area contributed by atoms with Crippen LogP contribution in [0.4, 0.5) is 13.2 Å². The summed E-state index contributed by atoms with van der Waals surface area (Å²) in [5.74, 6) is -0.668. The second kappa shape index (κ2) is 12.2. The summed E-state index contributed by atoms with van der Waals surface area (Å²) in [5.41, 5.74) is 1.55. The normalized spacial score (nSPS) is 17.3. The molecule has 0 unspecified atom stereocenters. The van der Waals surface area contributed by atoms with Gasteiger partial charge in [-0.2, -0.15) is 13.2 Å². The molecule has 1 fully saturated rings. The number of hydroxylamine groups is 1. The topological polar surface area (TPSA) is 95.9 Å². The highest BCUT2D eigenvalue weighted by atomic mass is 32.2. The van der Waals surface area contributed by atoms with Crippen molar-refractivity contribution in [2.24, 2.45) is 5.92 Å². The number of carbonyl (C=O) groups is 1. The first-order valence-electron chi connectivity index (χ1n) is 10.6. The highest BCUT2D eigenvalue weighted by Gasteiger charge is 2.52. The zero-order valence-electron chi connectivity index (χ0n) is 17.8. The zero-order chi connectivity index (χ0) is 22.8. The molecular weight excluding hydrogens is 425 g/mol. The van der Waals surface area contributed by atoms with Crippen LogP contribution in [-0.4, -0.2) is 61.1 Å². The van der Waals surface area contributed by atoms with Gasteiger partial charge >= 0.3 is 6.18 Å². The van der Waals surface area contributed by atoms with Crippen molar-refractivity contribution >= 4 is 15.9 Å². The number of carbonyl (C=O) groups excluding carboxylic acids is 1. The average Bonchev–Trinajstić information content (AvgIpc) is 2.69. The molecule has 0 atom stereocenters. The molecule has 7 nitrogen and oxygen atoms in total. The first-order chi connectivity index (χ1) is 14.0. The largest absolute Gasteiger partial charge is 0.389 e. The second-order valence-corrected chi connectivity index (χ2v) is 10.2. The number of alkyl halides is 3. The number of amides is 1. The van der Waals surface area contributed by atoms with Gasteiger partial charge < -0.3 is 4.74 Å². The third-order valence-corrected chi connectivity index (χ3v) is 8.28. The van der Waals surface area contributed by atoms with Crippen molar-refractivity contribution in [3.05, 3.63) is 0 Å². The maximum Gasteiger partial charge on any atom is 0.389 e. The number of piperidine rings is 1. The molecule has 0 aromatic carbocycles. The van der Waals surface area contributed by atoms with Crippen molar-refractivity contribution in [1.29, 1.82) is 0 Å².